The van der Waals surface area contributed by atoms with Gasteiger partial charge in [-0.05, 0) is 61.2 Å². The minimum absolute atomic E-state index is 0.00478. The van der Waals surface area contributed by atoms with E-state index in [-0.39, 0.29) is 16.3 Å². The molecule has 3 N–H and O–H groups in total. The Morgan fingerprint density at radius 1 is 1.20 bits per heavy atom. The van der Waals surface area contributed by atoms with E-state index in [0.29, 0.717) is 16.3 Å². The second-order valence-corrected chi connectivity index (χ2v) is 9.95. The average molecular weight is 515 g/mol. The van der Waals surface area contributed by atoms with E-state index in [1.165, 1.54) is 17.7 Å². The third-order valence-electron chi connectivity index (χ3n) is 7.12. The first kappa shape index (κ1) is 23.7. The summed E-state index contributed by atoms with van der Waals surface area (Å²) in [6.07, 6.45) is 3.81. The molecule has 3 aromatic rings. The molecular formula is C26H25Cl2FN4O2. The largest absolute Gasteiger partial charge is 0.482 e. The monoisotopic (exact) mass is 514 g/mol. The molecule has 2 aliphatic rings. The predicted octanol–water partition coefficient (Wildman–Crippen LogP) is 5.83. The Hall–Kier alpha value is -3.03. The van der Waals surface area contributed by atoms with Crippen molar-refractivity contribution in [3.63, 3.8) is 0 Å². The van der Waals surface area contributed by atoms with Crippen molar-refractivity contribution in [2.75, 3.05) is 30.7 Å². The van der Waals surface area contributed by atoms with Crippen LogP contribution in [0.25, 0.3) is 11.1 Å². The number of hydrogen-bond donors (Lipinski definition) is 2. The Labute approximate surface area is 213 Å². The number of carbonyl (C=O) groups is 1. The summed E-state index contributed by atoms with van der Waals surface area (Å²) in [7, 11) is 0. The molecule has 0 bridgehead atoms. The number of pyridine rings is 1. The van der Waals surface area contributed by atoms with Crippen LogP contribution in [0.1, 0.15) is 37.0 Å². The molecule has 2 aromatic carbocycles. The number of halogens is 3. The molecule has 0 saturated carbocycles. The lowest BCUT2D eigenvalue weighted by Crippen LogP contribution is -2.43. The molecule has 2 aliphatic heterocycles. The number of rotatable bonds is 5. The highest BCUT2D eigenvalue weighted by Crippen LogP contribution is 2.45. The summed E-state index contributed by atoms with van der Waals surface area (Å²) >= 11 is 12.4. The molecule has 3 heterocycles. The van der Waals surface area contributed by atoms with Gasteiger partial charge in [-0.2, -0.15) is 0 Å². The van der Waals surface area contributed by atoms with Gasteiger partial charge in [0.1, 0.15) is 11.9 Å². The van der Waals surface area contributed by atoms with Gasteiger partial charge < -0.3 is 20.7 Å². The van der Waals surface area contributed by atoms with Gasteiger partial charge in [0.25, 0.3) is 0 Å². The van der Waals surface area contributed by atoms with Gasteiger partial charge in [0.15, 0.2) is 11.6 Å². The number of aromatic nitrogens is 1. The maximum atomic E-state index is 14.0. The Balaban J connectivity index is 1.45. The van der Waals surface area contributed by atoms with Crippen molar-refractivity contribution in [3.05, 3.63) is 69.6 Å². The molecule has 6 nitrogen and oxygen atoms in total. The number of nitrogens with zero attached hydrogens (tertiary/aromatic N) is 2. The van der Waals surface area contributed by atoms with Gasteiger partial charge in [0.2, 0.25) is 6.41 Å². The van der Waals surface area contributed by atoms with Crippen LogP contribution in [0.3, 0.4) is 0 Å². The summed E-state index contributed by atoms with van der Waals surface area (Å²) in [5.41, 5.74) is 10.7. The van der Waals surface area contributed by atoms with Crippen molar-refractivity contribution in [1.82, 2.24) is 9.88 Å². The van der Waals surface area contributed by atoms with Gasteiger partial charge in [-0.3, -0.25) is 4.79 Å². The van der Waals surface area contributed by atoms with Crippen LogP contribution >= 0.6 is 23.2 Å². The van der Waals surface area contributed by atoms with Gasteiger partial charge in [-0.1, -0.05) is 29.3 Å². The summed E-state index contributed by atoms with van der Waals surface area (Å²) in [6, 6.07) is 10.8. The summed E-state index contributed by atoms with van der Waals surface area (Å²) in [6.45, 7) is 4.09. The van der Waals surface area contributed by atoms with E-state index in [1.807, 2.05) is 17.0 Å². The Morgan fingerprint density at radius 2 is 1.97 bits per heavy atom. The normalized spacial score (nSPS) is 17.1. The number of amides is 1. The van der Waals surface area contributed by atoms with Crippen molar-refractivity contribution < 1.29 is 13.9 Å². The number of benzene rings is 2. The number of piperidine rings is 1. The molecule has 1 aromatic heterocycles. The van der Waals surface area contributed by atoms with Gasteiger partial charge in [-0.25, -0.2) is 9.37 Å². The molecule has 1 fully saturated rings. The van der Waals surface area contributed by atoms with Crippen molar-refractivity contribution >= 4 is 41.1 Å². The molecular weight excluding hydrogens is 490 g/mol. The Kier molecular flexibility index (Phi) is 6.23. The molecule has 1 amide bonds. The van der Waals surface area contributed by atoms with Crippen LogP contribution < -0.4 is 15.8 Å². The number of anilines is 2. The molecule has 0 aliphatic carbocycles. The highest BCUT2D eigenvalue weighted by Gasteiger charge is 2.41. The van der Waals surface area contributed by atoms with E-state index < -0.39 is 11.9 Å². The van der Waals surface area contributed by atoms with Crippen molar-refractivity contribution in [1.29, 1.82) is 0 Å². The lowest BCUT2D eigenvalue weighted by molar-refractivity contribution is -0.119. The average Bonchev–Trinajstić information content (AvgIpc) is 3.21. The fourth-order valence-electron chi connectivity index (χ4n) is 5.05. The maximum Gasteiger partial charge on any atom is 0.209 e. The van der Waals surface area contributed by atoms with E-state index >= 15 is 0 Å². The van der Waals surface area contributed by atoms with E-state index in [4.69, 9.17) is 33.7 Å². The SMILES string of the molecule is C[C@@H](Oc1cc(-c2ccc3c(c2)C2(CCN(C=O)CC2)CN3)cnc1N)c1c(Cl)ccc(F)c1Cl. The third kappa shape index (κ3) is 4.28. The molecule has 1 atom stereocenters. The Morgan fingerprint density at radius 3 is 2.71 bits per heavy atom. The molecule has 0 radical (unpaired) electrons. The third-order valence-corrected chi connectivity index (χ3v) is 7.83. The summed E-state index contributed by atoms with van der Waals surface area (Å²) in [5, 5.41) is 3.76. The molecule has 1 spiro atoms. The zero-order valence-electron chi connectivity index (χ0n) is 19.2. The first-order valence-electron chi connectivity index (χ1n) is 11.4. The lowest BCUT2D eigenvalue weighted by atomic mass is 9.74. The van der Waals surface area contributed by atoms with Crippen LogP contribution in [-0.4, -0.2) is 35.9 Å². The summed E-state index contributed by atoms with van der Waals surface area (Å²) in [4.78, 5) is 17.3. The number of fused-ring (bicyclic) bond motifs is 2. The van der Waals surface area contributed by atoms with Gasteiger partial charge in [0, 0.05) is 53.1 Å². The second-order valence-electron chi connectivity index (χ2n) is 9.16. The van der Waals surface area contributed by atoms with E-state index in [1.54, 1.807) is 13.1 Å². The molecule has 35 heavy (non-hydrogen) atoms. The Bertz CT molecular complexity index is 1290. The fraction of sp³-hybridized carbons (Fsp3) is 0.308. The smallest absolute Gasteiger partial charge is 0.209 e. The second kappa shape index (κ2) is 9.21. The van der Waals surface area contributed by atoms with Crippen LogP contribution in [0.5, 0.6) is 5.75 Å². The fourth-order valence-corrected chi connectivity index (χ4v) is 5.73. The number of likely N-dealkylation sites (tertiary alicyclic amines) is 1. The highest BCUT2D eigenvalue weighted by atomic mass is 35.5. The first-order valence-corrected chi connectivity index (χ1v) is 12.2. The van der Waals surface area contributed by atoms with Crippen molar-refractivity contribution in [2.45, 2.75) is 31.3 Å². The van der Waals surface area contributed by atoms with Crippen molar-refractivity contribution in [3.8, 4) is 16.9 Å². The molecule has 1 saturated heterocycles. The van der Waals surface area contributed by atoms with Gasteiger partial charge in [0.05, 0.1) is 5.02 Å². The first-order chi connectivity index (χ1) is 16.8. The van der Waals surface area contributed by atoms with E-state index in [9.17, 15) is 9.18 Å². The standard InChI is InChI=1S/C26H25Cl2FN4O2/c1-15(23-19(27)3-4-20(29)24(23)28)35-22-11-17(12-31-25(22)30)16-2-5-21-18(10-16)26(13-32-21)6-8-33(14-34)9-7-26/h2-5,10-12,14-15,32H,6-9,13H2,1H3,(H2,30,31)/t15-/m1/s1. The quantitative estimate of drug-likeness (QED) is 0.330. The zero-order chi connectivity index (χ0) is 24.7. The van der Waals surface area contributed by atoms with Crippen molar-refractivity contribution in [2.24, 2.45) is 0 Å². The number of hydrogen-bond acceptors (Lipinski definition) is 5. The van der Waals surface area contributed by atoms with Crippen LogP contribution in [-0.2, 0) is 10.2 Å². The van der Waals surface area contributed by atoms with Gasteiger partial charge in [-0.15, -0.1) is 0 Å². The minimum atomic E-state index is -0.652. The van der Waals surface area contributed by atoms with Crippen LogP contribution in [0.4, 0.5) is 15.9 Å². The molecule has 9 heteroatoms. The minimum Gasteiger partial charge on any atom is -0.482 e. The molecule has 5 rings (SSSR count). The highest BCUT2D eigenvalue weighted by molar-refractivity contribution is 6.36. The van der Waals surface area contributed by atoms with Gasteiger partial charge >= 0.3 is 0 Å². The van der Waals surface area contributed by atoms with Crippen LogP contribution in [0.2, 0.25) is 10.0 Å². The summed E-state index contributed by atoms with van der Waals surface area (Å²) < 4.78 is 20.1. The molecule has 182 valence electrons. The number of nitrogen functional groups attached to an aromatic ring is 1. The maximum absolute atomic E-state index is 14.0. The van der Waals surface area contributed by atoms with E-state index in [2.05, 4.69) is 22.4 Å². The van der Waals surface area contributed by atoms with Crippen LogP contribution in [0.15, 0.2) is 42.6 Å². The number of nitrogens with two attached hydrogens (primary N) is 1. The number of carbonyl (C=O) groups excluding carboxylic acids is 1. The summed E-state index contributed by atoms with van der Waals surface area (Å²) in [5.74, 6) is 0.00446. The topological polar surface area (TPSA) is 80.5 Å². The molecule has 0 unspecified atom stereocenters. The lowest BCUT2D eigenvalue weighted by Gasteiger charge is -2.38. The predicted molar refractivity (Wildman–Crippen MR) is 137 cm³/mol. The number of nitrogens with one attached hydrogen (secondary N) is 1. The van der Waals surface area contributed by atoms with E-state index in [0.717, 1.165) is 55.7 Å². The number of ether oxygens (including phenoxy) is 1. The van der Waals surface area contributed by atoms with Crippen LogP contribution in [0, 0.1) is 5.82 Å². The zero-order valence-corrected chi connectivity index (χ0v) is 20.7.